The number of rotatable bonds is 5. The average Bonchev–Trinajstić information content (AvgIpc) is 2.50. The molecule has 5 heteroatoms. The van der Waals surface area contributed by atoms with Crippen LogP contribution in [-0.2, 0) is 0 Å². The van der Waals surface area contributed by atoms with Gasteiger partial charge in [-0.2, -0.15) is 11.8 Å². The van der Waals surface area contributed by atoms with Crippen molar-refractivity contribution in [3.05, 3.63) is 29.6 Å². The second-order valence-corrected chi connectivity index (χ2v) is 6.41. The molecule has 116 valence electrons. The quantitative estimate of drug-likeness (QED) is 0.872. The number of para-hydroxylation sites is 1. The normalized spacial score (nSPS) is 21.9. The number of amides is 1. The Balaban J connectivity index is 2.14. The van der Waals surface area contributed by atoms with Crippen LogP contribution in [0.2, 0.25) is 0 Å². The molecule has 1 aromatic carbocycles. The monoisotopic (exact) mass is 310 g/mol. The average molecular weight is 310 g/mol. The Morgan fingerprint density at radius 2 is 2.14 bits per heavy atom. The van der Waals surface area contributed by atoms with Gasteiger partial charge in [0.25, 0.3) is 5.91 Å². The molecule has 2 N–H and O–H groups in total. The lowest BCUT2D eigenvalue weighted by atomic mass is 9.94. The van der Waals surface area contributed by atoms with Gasteiger partial charge >= 0.3 is 0 Å². The van der Waals surface area contributed by atoms with E-state index in [-0.39, 0.29) is 17.8 Å². The Labute approximate surface area is 130 Å². The predicted octanol–water partition coefficient (Wildman–Crippen LogP) is 3.66. The molecule has 1 saturated carbocycles. The van der Waals surface area contributed by atoms with E-state index in [1.54, 1.807) is 23.9 Å². The van der Waals surface area contributed by atoms with Crippen molar-refractivity contribution in [1.29, 1.82) is 0 Å². The molecule has 2 rings (SSSR count). The molecule has 21 heavy (non-hydrogen) atoms. The highest BCUT2D eigenvalue weighted by molar-refractivity contribution is 7.99. The van der Waals surface area contributed by atoms with Crippen molar-refractivity contribution < 1.29 is 9.18 Å². The molecule has 1 aliphatic carbocycles. The van der Waals surface area contributed by atoms with Gasteiger partial charge in [-0.05, 0) is 38.2 Å². The number of halogens is 1. The summed E-state index contributed by atoms with van der Waals surface area (Å²) in [4.78, 5) is 12.5. The molecule has 0 radical (unpaired) electrons. The highest BCUT2D eigenvalue weighted by Gasteiger charge is 2.27. The summed E-state index contributed by atoms with van der Waals surface area (Å²) in [6.07, 6.45) is 6.59. The molecule has 0 spiro atoms. The van der Waals surface area contributed by atoms with Crippen LogP contribution in [0.25, 0.3) is 0 Å². The third-order valence-corrected chi connectivity index (χ3v) is 5.10. The third kappa shape index (κ3) is 3.90. The molecule has 2 unspecified atom stereocenters. The number of hydrogen-bond donors (Lipinski definition) is 2. The zero-order chi connectivity index (χ0) is 15.2. The molecule has 0 saturated heterocycles. The lowest BCUT2D eigenvalue weighted by Crippen LogP contribution is -2.43. The number of nitrogens with one attached hydrogen (secondary N) is 2. The van der Waals surface area contributed by atoms with Gasteiger partial charge in [0.15, 0.2) is 0 Å². The lowest BCUT2D eigenvalue weighted by molar-refractivity contribution is 0.0930. The maximum absolute atomic E-state index is 13.9. The summed E-state index contributed by atoms with van der Waals surface area (Å²) < 4.78 is 13.9. The SMILES string of the molecule is CCNc1c(F)cccc1C(=O)NC1CCCCC1SC. The fourth-order valence-corrected chi connectivity index (χ4v) is 3.80. The first-order valence-electron chi connectivity index (χ1n) is 7.53. The Morgan fingerprint density at radius 1 is 1.38 bits per heavy atom. The summed E-state index contributed by atoms with van der Waals surface area (Å²) in [6, 6.07) is 4.81. The first-order chi connectivity index (χ1) is 10.2. The molecule has 0 aliphatic heterocycles. The fourth-order valence-electron chi connectivity index (χ4n) is 2.86. The van der Waals surface area contributed by atoms with E-state index in [0.29, 0.717) is 23.0 Å². The topological polar surface area (TPSA) is 41.1 Å². The van der Waals surface area contributed by atoms with Crippen LogP contribution in [0, 0.1) is 5.82 Å². The summed E-state index contributed by atoms with van der Waals surface area (Å²) in [7, 11) is 0. The molecule has 2 atom stereocenters. The molecular formula is C16H23FN2OS. The second kappa shape index (κ2) is 7.69. The van der Waals surface area contributed by atoms with E-state index < -0.39 is 0 Å². The second-order valence-electron chi connectivity index (χ2n) is 5.33. The van der Waals surface area contributed by atoms with Gasteiger partial charge in [0.05, 0.1) is 11.3 Å². The van der Waals surface area contributed by atoms with Crippen LogP contribution in [0.1, 0.15) is 43.0 Å². The van der Waals surface area contributed by atoms with Gasteiger partial charge in [-0.15, -0.1) is 0 Å². The van der Waals surface area contributed by atoms with Crippen LogP contribution in [0.15, 0.2) is 18.2 Å². The highest BCUT2D eigenvalue weighted by atomic mass is 32.2. The molecular weight excluding hydrogens is 287 g/mol. The van der Waals surface area contributed by atoms with Crippen LogP contribution in [-0.4, -0.2) is 30.0 Å². The van der Waals surface area contributed by atoms with E-state index in [4.69, 9.17) is 0 Å². The van der Waals surface area contributed by atoms with Gasteiger partial charge in [0, 0.05) is 17.8 Å². The number of hydrogen-bond acceptors (Lipinski definition) is 3. The maximum Gasteiger partial charge on any atom is 0.253 e. The standard InChI is InChI=1S/C16H23FN2OS/c1-3-18-15-11(7-6-8-12(15)17)16(20)19-13-9-4-5-10-14(13)21-2/h6-8,13-14,18H,3-5,9-10H2,1-2H3,(H,19,20). The number of anilines is 1. The van der Waals surface area contributed by atoms with Gasteiger partial charge in [-0.25, -0.2) is 4.39 Å². The van der Waals surface area contributed by atoms with Gasteiger partial charge < -0.3 is 10.6 Å². The lowest BCUT2D eigenvalue weighted by Gasteiger charge is -2.31. The zero-order valence-corrected chi connectivity index (χ0v) is 13.4. The van der Waals surface area contributed by atoms with Crippen LogP contribution < -0.4 is 10.6 Å². The summed E-state index contributed by atoms with van der Waals surface area (Å²) in [5, 5.41) is 6.50. The summed E-state index contributed by atoms with van der Waals surface area (Å²) in [5.41, 5.74) is 0.691. The van der Waals surface area contributed by atoms with Crippen molar-refractivity contribution in [3.63, 3.8) is 0 Å². The van der Waals surface area contributed by atoms with E-state index in [0.717, 1.165) is 19.3 Å². The summed E-state index contributed by atoms with van der Waals surface area (Å²) in [5.74, 6) is -0.564. The zero-order valence-electron chi connectivity index (χ0n) is 12.6. The summed E-state index contributed by atoms with van der Waals surface area (Å²) in [6.45, 7) is 2.47. The molecule has 1 fully saturated rings. The first kappa shape index (κ1) is 16.1. The minimum absolute atomic E-state index is 0.180. The van der Waals surface area contributed by atoms with Gasteiger partial charge in [-0.3, -0.25) is 4.79 Å². The van der Waals surface area contributed by atoms with Gasteiger partial charge in [0.2, 0.25) is 0 Å². The number of benzene rings is 1. The Morgan fingerprint density at radius 3 is 2.86 bits per heavy atom. The van der Waals surface area contributed by atoms with Crippen molar-refractivity contribution in [1.82, 2.24) is 5.32 Å². The molecule has 1 amide bonds. The Kier molecular flexibility index (Phi) is 5.91. The smallest absolute Gasteiger partial charge is 0.253 e. The number of carbonyl (C=O) groups is 1. The van der Waals surface area contributed by atoms with Crippen molar-refractivity contribution in [3.8, 4) is 0 Å². The van der Waals surface area contributed by atoms with E-state index >= 15 is 0 Å². The minimum Gasteiger partial charge on any atom is -0.382 e. The molecule has 0 aromatic heterocycles. The first-order valence-corrected chi connectivity index (χ1v) is 8.82. The number of thioether (sulfide) groups is 1. The van der Waals surface area contributed by atoms with Crippen LogP contribution in [0.5, 0.6) is 0 Å². The highest BCUT2D eigenvalue weighted by Crippen LogP contribution is 2.28. The molecule has 0 heterocycles. The van der Waals surface area contributed by atoms with Crippen molar-refractivity contribution in [2.45, 2.75) is 43.9 Å². The summed E-state index contributed by atoms with van der Waals surface area (Å²) >= 11 is 1.80. The van der Waals surface area contributed by atoms with Crippen molar-refractivity contribution in [2.75, 3.05) is 18.1 Å². The van der Waals surface area contributed by atoms with Crippen molar-refractivity contribution in [2.24, 2.45) is 0 Å². The Hall–Kier alpha value is -1.23. The molecule has 0 bridgehead atoms. The van der Waals surface area contributed by atoms with Crippen LogP contribution >= 0.6 is 11.8 Å². The van der Waals surface area contributed by atoms with E-state index in [1.165, 1.54) is 12.5 Å². The largest absolute Gasteiger partial charge is 0.382 e. The van der Waals surface area contributed by atoms with Crippen LogP contribution in [0.4, 0.5) is 10.1 Å². The van der Waals surface area contributed by atoms with Crippen LogP contribution in [0.3, 0.4) is 0 Å². The van der Waals surface area contributed by atoms with Crippen molar-refractivity contribution >= 4 is 23.4 Å². The van der Waals surface area contributed by atoms with Gasteiger partial charge in [-0.1, -0.05) is 18.9 Å². The van der Waals surface area contributed by atoms with Gasteiger partial charge in [0.1, 0.15) is 5.82 Å². The predicted molar refractivity (Wildman–Crippen MR) is 87.6 cm³/mol. The van der Waals surface area contributed by atoms with E-state index in [1.807, 2.05) is 6.92 Å². The third-order valence-electron chi connectivity index (χ3n) is 3.93. The number of carbonyl (C=O) groups excluding carboxylic acids is 1. The molecule has 3 nitrogen and oxygen atoms in total. The Bertz CT molecular complexity index is 495. The van der Waals surface area contributed by atoms with E-state index in [9.17, 15) is 9.18 Å². The van der Waals surface area contributed by atoms with E-state index in [2.05, 4.69) is 16.9 Å². The minimum atomic E-state index is -0.380. The fraction of sp³-hybridized carbons (Fsp3) is 0.562. The molecule has 1 aliphatic rings. The maximum atomic E-state index is 13.9. The molecule has 1 aromatic rings.